The molecule has 0 spiro atoms. The molecule has 4 saturated heterocycles. The molecule has 4 amide bonds. The third kappa shape index (κ3) is 3.64. The Morgan fingerprint density at radius 2 is 0.818 bits per heavy atom. The molecule has 0 radical (unpaired) electrons. The van der Waals surface area contributed by atoms with E-state index in [-0.39, 0.29) is 23.6 Å². The molecule has 4 fully saturated rings. The van der Waals surface area contributed by atoms with Crippen LogP contribution in [0, 0.1) is 25.7 Å². The summed E-state index contributed by atoms with van der Waals surface area (Å²) >= 11 is 0. The van der Waals surface area contributed by atoms with Crippen LogP contribution < -0.4 is 9.80 Å². The van der Waals surface area contributed by atoms with Gasteiger partial charge in [-0.25, -0.2) is 19.8 Å². The normalized spacial score (nSPS) is 28.1. The molecule has 8 rings (SSSR count). The Hall–Kier alpha value is -4.92. The van der Waals surface area contributed by atoms with Gasteiger partial charge in [-0.15, -0.1) is 0 Å². The molecule has 44 heavy (non-hydrogen) atoms. The van der Waals surface area contributed by atoms with E-state index in [1.807, 2.05) is 121 Å². The quantitative estimate of drug-likeness (QED) is 0.323. The van der Waals surface area contributed by atoms with E-state index in [2.05, 4.69) is 0 Å². The molecule has 4 aromatic carbocycles. The van der Waals surface area contributed by atoms with Crippen molar-refractivity contribution in [2.45, 2.75) is 38.0 Å². The zero-order chi connectivity index (χ0) is 30.3. The number of imide groups is 2. The molecule has 218 valence electrons. The maximum Gasteiger partial charge on any atom is 0.253 e. The molecule has 4 aromatic rings. The number of aryl methyl sites for hydroxylation is 2. The van der Waals surface area contributed by atoms with Crippen LogP contribution in [0.2, 0.25) is 0 Å². The average molecular weight is 583 g/mol. The molecule has 8 nitrogen and oxygen atoms in total. The molecule has 0 unspecified atom stereocenters. The maximum atomic E-state index is 14.5. The smallest absolute Gasteiger partial charge is 0.253 e. The average Bonchev–Trinajstić information content (AvgIpc) is 3.69. The molecule has 0 N–H and O–H groups in total. The highest BCUT2D eigenvalue weighted by molar-refractivity contribution is 6.26. The largest absolute Gasteiger partial charge is 0.274 e. The number of carbonyl (C=O) groups excluding carboxylic acids is 4. The first-order chi connectivity index (χ1) is 21.4. The van der Waals surface area contributed by atoms with Gasteiger partial charge in [0, 0.05) is 0 Å². The number of hydrogen-bond acceptors (Lipinski definition) is 6. The number of carbonyl (C=O) groups is 4. The number of fused-ring (bicyclic) bond motifs is 5. The topological polar surface area (TPSA) is 81.2 Å². The van der Waals surface area contributed by atoms with Crippen LogP contribution >= 0.6 is 0 Å². The van der Waals surface area contributed by atoms with E-state index in [4.69, 9.17) is 0 Å². The molecule has 8 heteroatoms. The minimum absolute atomic E-state index is 0.301. The van der Waals surface area contributed by atoms with Crippen LogP contribution in [0.4, 0.5) is 11.4 Å². The first kappa shape index (κ1) is 26.7. The molecule has 4 aliphatic rings. The second-order valence-electron chi connectivity index (χ2n) is 12.1. The zero-order valence-corrected chi connectivity index (χ0v) is 24.3. The summed E-state index contributed by atoms with van der Waals surface area (Å²) in [6.07, 6.45) is 0. The molecule has 6 atom stereocenters. The van der Waals surface area contributed by atoms with Crippen molar-refractivity contribution in [2.75, 3.05) is 9.80 Å². The maximum absolute atomic E-state index is 14.5. The van der Waals surface area contributed by atoms with E-state index < -0.39 is 36.0 Å². The van der Waals surface area contributed by atoms with E-state index in [9.17, 15) is 19.2 Å². The lowest BCUT2D eigenvalue weighted by molar-refractivity contribution is -0.136. The Bertz CT molecular complexity index is 1710. The Morgan fingerprint density at radius 1 is 0.432 bits per heavy atom. The van der Waals surface area contributed by atoms with E-state index in [1.54, 1.807) is 12.1 Å². The van der Waals surface area contributed by atoms with Crippen LogP contribution in [0.25, 0.3) is 0 Å². The first-order valence-electron chi connectivity index (χ1n) is 14.9. The van der Waals surface area contributed by atoms with E-state index in [1.165, 1.54) is 9.80 Å². The summed E-state index contributed by atoms with van der Waals surface area (Å²) in [5.74, 6) is -2.83. The third-order valence-electron chi connectivity index (χ3n) is 9.53. The Morgan fingerprint density at radius 3 is 1.18 bits per heavy atom. The molecular weight excluding hydrogens is 552 g/mol. The molecule has 4 aliphatic heterocycles. The van der Waals surface area contributed by atoms with Crippen molar-refractivity contribution < 1.29 is 19.2 Å². The summed E-state index contributed by atoms with van der Waals surface area (Å²) in [5.41, 5.74) is 4.57. The Kier molecular flexibility index (Phi) is 5.95. The lowest BCUT2D eigenvalue weighted by atomic mass is 9.84. The summed E-state index contributed by atoms with van der Waals surface area (Å²) in [4.78, 5) is 60.4. The summed E-state index contributed by atoms with van der Waals surface area (Å²) in [5, 5.41) is 3.82. The molecule has 0 aliphatic carbocycles. The third-order valence-corrected chi connectivity index (χ3v) is 9.53. The van der Waals surface area contributed by atoms with Crippen LogP contribution in [0.15, 0.2) is 109 Å². The van der Waals surface area contributed by atoms with Crippen molar-refractivity contribution in [3.05, 3.63) is 131 Å². The van der Waals surface area contributed by atoms with Crippen LogP contribution in [-0.2, 0) is 19.2 Å². The molecule has 0 saturated carbocycles. The van der Waals surface area contributed by atoms with Crippen molar-refractivity contribution in [3.63, 3.8) is 0 Å². The number of hydrazine groups is 1. The highest BCUT2D eigenvalue weighted by Gasteiger charge is 2.73. The van der Waals surface area contributed by atoms with Gasteiger partial charge < -0.3 is 0 Å². The Labute approximate surface area is 255 Å². The van der Waals surface area contributed by atoms with E-state index in [0.29, 0.717) is 11.4 Å². The van der Waals surface area contributed by atoms with Gasteiger partial charge in [-0.1, -0.05) is 84.9 Å². The SMILES string of the molecule is Cc1cccc(N2C(=O)[C@H]3[C@@H](c4ccccc4)N4[C@H]5C(=O)N(c6cccc(C)c6)C(=O)[C@H]5[C@@H](c5ccccc5)N4[C@H]3C2=O)c1. The number of rotatable bonds is 4. The molecular formula is C36H30N4O4. The lowest BCUT2D eigenvalue weighted by Gasteiger charge is -2.35. The van der Waals surface area contributed by atoms with Crippen LogP contribution in [0.3, 0.4) is 0 Å². The number of nitrogens with zero attached hydrogens (tertiary/aromatic N) is 4. The van der Waals surface area contributed by atoms with Crippen molar-refractivity contribution in [1.29, 1.82) is 0 Å². The number of benzene rings is 4. The second kappa shape index (κ2) is 9.80. The fraction of sp³-hybridized carbons (Fsp3) is 0.222. The van der Waals surface area contributed by atoms with E-state index >= 15 is 0 Å². The van der Waals surface area contributed by atoms with Gasteiger partial charge in [-0.05, 0) is 60.4 Å². The van der Waals surface area contributed by atoms with Crippen molar-refractivity contribution >= 4 is 35.0 Å². The predicted octanol–water partition coefficient (Wildman–Crippen LogP) is 4.75. The van der Waals surface area contributed by atoms with Crippen LogP contribution in [-0.4, -0.2) is 45.7 Å². The van der Waals surface area contributed by atoms with Gasteiger partial charge in [-0.2, -0.15) is 0 Å². The van der Waals surface area contributed by atoms with Gasteiger partial charge in [-0.3, -0.25) is 19.2 Å². The summed E-state index contributed by atoms with van der Waals surface area (Å²) < 4.78 is 0. The van der Waals surface area contributed by atoms with Gasteiger partial charge in [0.25, 0.3) is 11.8 Å². The van der Waals surface area contributed by atoms with E-state index in [0.717, 1.165) is 22.3 Å². The fourth-order valence-electron chi connectivity index (χ4n) is 7.84. The van der Waals surface area contributed by atoms with Gasteiger partial charge >= 0.3 is 0 Å². The van der Waals surface area contributed by atoms with Gasteiger partial charge in [0.2, 0.25) is 11.8 Å². The number of hydrogen-bond donors (Lipinski definition) is 0. The monoisotopic (exact) mass is 582 g/mol. The van der Waals surface area contributed by atoms with Crippen molar-refractivity contribution in [3.8, 4) is 0 Å². The van der Waals surface area contributed by atoms with Gasteiger partial charge in [0.1, 0.15) is 12.1 Å². The summed E-state index contributed by atoms with van der Waals surface area (Å²) in [6, 6.07) is 30.9. The number of amides is 4. The van der Waals surface area contributed by atoms with Crippen molar-refractivity contribution in [2.24, 2.45) is 11.8 Å². The lowest BCUT2D eigenvalue weighted by Crippen LogP contribution is -2.50. The first-order valence-corrected chi connectivity index (χ1v) is 14.9. The molecule has 0 aromatic heterocycles. The minimum Gasteiger partial charge on any atom is -0.274 e. The fourth-order valence-corrected chi connectivity index (χ4v) is 7.84. The second-order valence-corrected chi connectivity index (χ2v) is 12.1. The minimum atomic E-state index is -0.878. The highest BCUT2D eigenvalue weighted by atomic mass is 16.2. The summed E-state index contributed by atoms with van der Waals surface area (Å²) in [7, 11) is 0. The highest BCUT2D eigenvalue weighted by Crippen LogP contribution is 2.59. The molecule has 4 heterocycles. The number of anilines is 2. The van der Waals surface area contributed by atoms with Gasteiger partial charge in [0.05, 0.1) is 35.3 Å². The predicted molar refractivity (Wildman–Crippen MR) is 164 cm³/mol. The standard InChI is InChI=1S/C36H30N4O4/c1-21-11-9-17-25(19-21)37-33(41)27-29(23-13-5-3-6-14-23)40-32-28(34(42)38(36(32)44)26-18-10-12-22(2)20-26)30(24-15-7-4-8-16-24)39(40)31(27)35(37)43/h3-20,27-32H,1-2H3/t27-,28-,29+,30+,31+,32+/m0/s1. The van der Waals surface area contributed by atoms with Crippen molar-refractivity contribution in [1.82, 2.24) is 10.0 Å². The van der Waals surface area contributed by atoms with Crippen LogP contribution in [0.1, 0.15) is 34.3 Å². The Balaban J connectivity index is 1.33. The van der Waals surface area contributed by atoms with Gasteiger partial charge in [0.15, 0.2) is 0 Å². The molecule has 0 bridgehead atoms. The zero-order valence-electron chi connectivity index (χ0n) is 24.3. The summed E-state index contributed by atoms with van der Waals surface area (Å²) in [6.45, 7) is 3.85. The van der Waals surface area contributed by atoms with Crippen LogP contribution in [0.5, 0.6) is 0 Å².